The molecule has 1 fully saturated rings. The van der Waals surface area contributed by atoms with Crippen molar-refractivity contribution in [1.82, 2.24) is 15.5 Å². The Kier molecular flexibility index (Phi) is 6.80. The SMILES string of the molecule is CCC(CN)C(=O)NC1CCN(CC(=O)NC)CC1. The fraction of sp³-hybridized carbons (Fsp3) is 0.846. The van der Waals surface area contributed by atoms with Crippen molar-refractivity contribution in [1.29, 1.82) is 0 Å². The summed E-state index contributed by atoms with van der Waals surface area (Å²) >= 11 is 0. The number of nitrogens with two attached hydrogens (primary N) is 1. The Morgan fingerprint density at radius 3 is 2.47 bits per heavy atom. The molecule has 1 heterocycles. The van der Waals surface area contributed by atoms with Crippen LogP contribution in [0.5, 0.6) is 0 Å². The lowest BCUT2D eigenvalue weighted by molar-refractivity contribution is -0.126. The van der Waals surface area contributed by atoms with Gasteiger partial charge >= 0.3 is 0 Å². The van der Waals surface area contributed by atoms with Crippen molar-refractivity contribution in [2.24, 2.45) is 11.7 Å². The molecule has 0 saturated carbocycles. The van der Waals surface area contributed by atoms with E-state index in [0.29, 0.717) is 13.1 Å². The van der Waals surface area contributed by atoms with Crippen LogP contribution >= 0.6 is 0 Å². The fourth-order valence-electron chi connectivity index (χ4n) is 2.30. The van der Waals surface area contributed by atoms with E-state index in [4.69, 9.17) is 5.73 Å². The Bertz CT molecular complexity index is 297. The van der Waals surface area contributed by atoms with E-state index in [-0.39, 0.29) is 23.8 Å². The van der Waals surface area contributed by atoms with Crippen LogP contribution in [-0.4, -0.2) is 56.0 Å². The largest absolute Gasteiger partial charge is 0.358 e. The minimum Gasteiger partial charge on any atom is -0.358 e. The van der Waals surface area contributed by atoms with Crippen molar-refractivity contribution in [3.8, 4) is 0 Å². The van der Waals surface area contributed by atoms with E-state index in [0.717, 1.165) is 32.4 Å². The Morgan fingerprint density at radius 2 is 2.00 bits per heavy atom. The first-order chi connectivity index (χ1) is 9.10. The molecule has 0 aromatic rings. The van der Waals surface area contributed by atoms with Gasteiger partial charge in [0.2, 0.25) is 11.8 Å². The second kappa shape index (κ2) is 8.12. The van der Waals surface area contributed by atoms with Crippen molar-refractivity contribution < 1.29 is 9.59 Å². The maximum Gasteiger partial charge on any atom is 0.233 e. The molecule has 2 amide bonds. The predicted octanol–water partition coefficient (Wildman–Crippen LogP) is -0.702. The van der Waals surface area contributed by atoms with Gasteiger partial charge in [0.1, 0.15) is 0 Å². The summed E-state index contributed by atoms with van der Waals surface area (Å²) in [5.74, 6) is 0.0234. The van der Waals surface area contributed by atoms with E-state index in [1.54, 1.807) is 7.05 Å². The highest BCUT2D eigenvalue weighted by Crippen LogP contribution is 2.11. The maximum atomic E-state index is 11.9. The molecule has 19 heavy (non-hydrogen) atoms. The van der Waals surface area contributed by atoms with Crippen molar-refractivity contribution in [3.05, 3.63) is 0 Å². The monoisotopic (exact) mass is 270 g/mol. The highest BCUT2D eigenvalue weighted by Gasteiger charge is 2.23. The van der Waals surface area contributed by atoms with Crippen molar-refractivity contribution in [3.63, 3.8) is 0 Å². The van der Waals surface area contributed by atoms with E-state index in [2.05, 4.69) is 15.5 Å². The molecule has 1 rings (SSSR count). The van der Waals surface area contributed by atoms with Gasteiger partial charge in [0.05, 0.1) is 6.54 Å². The molecule has 0 spiro atoms. The summed E-state index contributed by atoms with van der Waals surface area (Å²) in [5.41, 5.74) is 5.57. The zero-order valence-corrected chi connectivity index (χ0v) is 11.9. The molecule has 0 aromatic carbocycles. The molecule has 1 aliphatic rings. The number of nitrogens with zero attached hydrogens (tertiary/aromatic N) is 1. The lowest BCUT2D eigenvalue weighted by Crippen LogP contribution is -2.48. The van der Waals surface area contributed by atoms with Gasteiger partial charge in [-0.25, -0.2) is 0 Å². The van der Waals surface area contributed by atoms with Crippen LogP contribution < -0.4 is 16.4 Å². The van der Waals surface area contributed by atoms with Crippen molar-refractivity contribution in [2.45, 2.75) is 32.2 Å². The second-order valence-corrected chi connectivity index (χ2v) is 5.07. The van der Waals surface area contributed by atoms with Crippen LogP contribution in [0.15, 0.2) is 0 Å². The first kappa shape index (κ1) is 15.9. The normalized spacial score (nSPS) is 18.9. The number of piperidine rings is 1. The lowest BCUT2D eigenvalue weighted by atomic mass is 10.0. The number of likely N-dealkylation sites (tertiary alicyclic amines) is 1. The first-order valence-corrected chi connectivity index (χ1v) is 7.04. The Hall–Kier alpha value is -1.14. The molecule has 0 aromatic heterocycles. The number of hydrogen-bond donors (Lipinski definition) is 3. The third-order valence-electron chi connectivity index (χ3n) is 3.73. The zero-order valence-electron chi connectivity index (χ0n) is 11.9. The summed E-state index contributed by atoms with van der Waals surface area (Å²) in [5, 5.41) is 5.68. The number of carbonyl (C=O) groups is 2. The van der Waals surface area contributed by atoms with Gasteiger partial charge in [-0.2, -0.15) is 0 Å². The van der Waals surface area contributed by atoms with Gasteiger partial charge in [-0.15, -0.1) is 0 Å². The molecular weight excluding hydrogens is 244 g/mol. The molecule has 6 heteroatoms. The first-order valence-electron chi connectivity index (χ1n) is 7.04. The van der Waals surface area contributed by atoms with Crippen LogP contribution in [0.25, 0.3) is 0 Å². The van der Waals surface area contributed by atoms with Crippen LogP contribution in [0.2, 0.25) is 0 Å². The molecule has 6 nitrogen and oxygen atoms in total. The van der Waals surface area contributed by atoms with Gasteiger partial charge in [0.15, 0.2) is 0 Å². The molecule has 4 N–H and O–H groups in total. The van der Waals surface area contributed by atoms with Gasteiger partial charge < -0.3 is 16.4 Å². The molecule has 1 unspecified atom stereocenters. The molecule has 1 saturated heterocycles. The van der Waals surface area contributed by atoms with E-state index in [1.165, 1.54) is 0 Å². The van der Waals surface area contributed by atoms with Crippen LogP contribution in [0.1, 0.15) is 26.2 Å². The molecule has 1 atom stereocenters. The summed E-state index contributed by atoms with van der Waals surface area (Å²) in [7, 11) is 1.65. The van der Waals surface area contributed by atoms with Crippen molar-refractivity contribution in [2.75, 3.05) is 33.2 Å². The predicted molar refractivity (Wildman–Crippen MR) is 74.5 cm³/mol. The zero-order chi connectivity index (χ0) is 14.3. The van der Waals surface area contributed by atoms with E-state index in [1.807, 2.05) is 6.92 Å². The summed E-state index contributed by atoms with van der Waals surface area (Å²) in [6.45, 7) is 4.51. The average molecular weight is 270 g/mol. The number of nitrogens with one attached hydrogen (secondary N) is 2. The quantitative estimate of drug-likeness (QED) is 0.595. The molecule has 110 valence electrons. The van der Waals surface area contributed by atoms with E-state index < -0.39 is 0 Å². The summed E-state index contributed by atoms with van der Waals surface area (Å²) in [6.07, 6.45) is 2.56. The Morgan fingerprint density at radius 1 is 1.37 bits per heavy atom. The molecule has 0 aliphatic carbocycles. The van der Waals surface area contributed by atoms with Crippen LogP contribution in [0.4, 0.5) is 0 Å². The lowest BCUT2D eigenvalue weighted by Gasteiger charge is -2.32. The topological polar surface area (TPSA) is 87.5 Å². The van der Waals surface area contributed by atoms with Gasteiger partial charge in [-0.1, -0.05) is 6.92 Å². The minimum atomic E-state index is -0.0797. The summed E-state index contributed by atoms with van der Waals surface area (Å²) in [6, 6.07) is 0.217. The maximum absolute atomic E-state index is 11.9. The Labute approximate surface area is 115 Å². The highest BCUT2D eigenvalue weighted by molar-refractivity contribution is 5.79. The van der Waals surface area contributed by atoms with Crippen LogP contribution in [0, 0.1) is 5.92 Å². The number of amides is 2. The van der Waals surface area contributed by atoms with Gasteiger partial charge in [0, 0.05) is 38.6 Å². The van der Waals surface area contributed by atoms with Crippen LogP contribution in [-0.2, 0) is 9.59 Å². The van der Waals surface area contributed by atoms with Crippen molar-refractivity contribution >= 4 is 11.8 Å². The van der Waals surface area contributed by atoms with E-state index in [9.17, 15) is 9.59 Å². The highest BCUT2D eigenvalue weighted by atomic mass is 16.2. The van der Waals surface area contributed by atoms with Gasteiger partial charge in [-0.05, 0) is 19.3 Å². The Balaban J connectivity index is 2.30. The standard InChI is InChI=1S/C13H26N4O2/c1-3-10(8-14)13(19)16-11-4-6-17(7-5-11)9-12(18)15-2/h10-11H,3-9,14H2,1-2H3,(H,15,18)(H,16,19). The number of carbonyl (C=O) groups excluding carboxylic acids is 2. The molecule has 0 bridgehead atoms. The van der Waals surface area contributed by atoms with Gasteiger partial charge in [-0.3, -0.25) is 14.5 Å². The molecule has 1 aliphatic heterocycles. The summed E-state index contributed by atoms with van der Waals surface area (Å²) in [4.78, 5) is 25.3. The summed E-state index contributed by atoms with van der Waals surface area (Å²) < 4.78 is 0. The molecule has 0 radical (unpaired) electrons. The third-order valence-corrected chi connectivity index (χ3v) is 3.73. The smallest absolute Gasteiger partial charge is 0.233 e. The molecular formula is C13H26N4O2. The number of hydrogen-bond acceptors (Lipinski definition) is 4. The van der Waals surface area contributed by atoms with E-state index >= 15 is 0 Å². The number of rotatable bonds is 6. The second-order valence-electron chi connectivity index (χ2n) is 5.07. The van der Waals surface area contributed by atoms with Gasteiger partial charge in [0.25, 0.3) is 0 Å². The minimum absolute atomic E-state index is 0.0386. The fourth-order valence-corrected chi connectivity index (χ4v) is 2.30. The number of likely N-dealkylation sites (N-methyl/N-ethyl adjacent to an activating group) is 1. The van der Waals surface area contributed by atoms with Crippen LogP contribution in [0.3, 0.4) is 0 Å². The average Bonchev–Trinajstić information content (AvgIpc) is 2.42. The third kappa shape index (κ3) is 5.16.